The SMILES string of the molecule is Cc1cccc(C[C@H](O)/C=C/[C@@H]2[C@H]3CC(CSCCC(=O)N(C)C)=C[C@H]3C[C@H]2O)c1. The van der Waals surface area contributed by atoms with Crippen LogP contribution in [0, 0.1) is 24.7 Å². The first-order valence-corrected chi connectivity index (χ1v) is 12.1. The van der Waals surface area contributed by atoms with Crippen molar-refractivity contribution in [3.8, 4) is 0 Å². The van der Waals surface area contributed by atoms with Crippen LogP contribution in [0.25, 0.3) is 0 Å². The molecule has 0 spiro atoms. The molecule has 3 rings (SSSR count). The van der Waals surface area contributed by atoms with Gasteiger partial charge in [-0.3, -0.25) is 4.79 Å². The number of allylic oxidation sites excluding steroid dienone is 1. The predicted octanol–water partition coefficient (Wildman–Crippen LogP) is 3.61. The van der Waals surface area contributed by atoms with Crippen molar-refractivity contribution in [1.82, 2.24) is 4.90 Å². The predicted molar refractivity (Wildman–Crippen MR) is 124 cm³/mol. The molecule has 1 aromatic carbocycles. The molecule has 5 heteroatoms. The molecule has 2 N–H and O–H groups in total. The van der Waals surface area contributed by atoms with Crippen molar-refractivity contribution in [1.29, 1.82) is 0 Å². The zero-order valence-electron chi connectivity index (χ0n) is 18.3. The van der Waals surface area contributed by atoms with Crippen molar-refractivity contribution in [3.05, 3.63) is 59.2 Å². The van der Waals surface area contributed by atoms with Crippen LogP contribution in [0.3, 0.4) is 0 Å². The van der Waals surface area contributed by atoms with Crippen molar-refractivity contribution in [2.45, 2.75) is 44.8 Å². The standard InChI is InChI=1S/C25H35NO3S/c1-17-5-4-6-18(11-17)13-21(27)7-8-22-23-14-19(12-20(23)15-24(22)28)16-30-10-9-25(29)26(2)3/h4-8,11-12,20-24,27-28H,9-10,13-16H2,1-3H3/b8-7+/t20-,21+,22+,23-,24+/m0/s1. The topological polar surface area (TPSA) is 60.8 Å². The smallest absolute Gasteiger partial charge is 0.222 e. The number of fused-ring (bicyclic) bond motifs is 1. The number of carbonyl (C=O) groups is 1. The number of hydrogen-bond donors (Lipinski definition) is 2. The molecular weight excluding hydrogens is 394 g/mol. The molecule has 0 radical (unpaired) electrons. The fraction of sp³-hybridized carbons (Fsp3) is 0.560. The van der Waals surface area contributed by atoms with E-state index < -0.39 is 6.10 Å². The van der Waals surface area contributed by atoms with E-state index in [1.54, 1.807) is 19.0 Å². The lowest BCUT2D eigenvalue weighted by Crippen LogP contribution is -2.21. The first-order valence-electron chi connectivity index (χ1n) is 10.9. The van der Waals surface area contributed by atoms with Crippen molar-refractivity contribution < 1.29 is 15.0 Å². The zero-order chi connectivity index (χ0) is 21.7. The summed E-state index contributed by atoms with van der Waals surface area (Å²) in [5, 5.41) is 21.0. The molecule has 30 heavy (non-hydrogen) atoms. The maximum absolute atomic E-state index is 11.7. The van der Waals surface area contributed by atoms with Gasteiger partial charge in [0, 0.05) is 44.4 Å². The summed E-state index contributed by atoms with van der Waals surface area (Å²) in [6, 6.07) is 8.23. The summed E-state index contributed by atoms with van der Waals surface area (Å²) in [6.45, 7) is 2.06. The van der Waals surface area contributed by atoms with E-state index in [1.165, 1.54) is 11.1 Å². The van der Waals surface area contributed by atoms with Crippen molar-refractivity contribution in [2.24, 2.45) is 17.8 Å². The maximum Gasteiger partial charge on any atom is 0.222 e. The zero-order valence-corrected chi connectivity index (χ0v) is 19.1. The number of aryl methyl sites for hydroxylation is 1. The number of hydrogen-bond acceptors (Lipinski definition) is 4. The van der Waals surface area contributed by atoms with Gasteiger partial charge in [-0.1, -0.05) is 53.6 Å². The van der Waals surface area contributed by atoms with Crippen LogP contribution in [0.15, 0.2) is 48.1 Å². The van der Waals surface area contributed by atoms with Gasteiger partial charge in [-0.05, 0) is 37.2 Å². The van der Waals surface area contributed by atoms with E-state index in [0.29, 0.717) is 24.7 Å². The molecule has 5 atom stereocenters. The Hall–Kier alpha value is -1.56. The molecular formula is C25H35NO3S. The quantitative estimate of drug-likeness (QED) is 0.465. The molecule has 164 valence electrons. The summed E-state index contributed by atoms with van der Waals surface area (Å²) in [7, 11) is 3.59. The van der Waals surface area contributed by atoms with E-state index in [-0.39, 0.29) is 17.9 Å². The summed E-state index contributed by atoms with van der Waals surface area (Å²) >= 11 is 1.82. The Morgan fingerprint density at radius 1 is 1.37 bits per heavy atom. The van der Waals surface area contributed by atoms with Crippen LogP contribution < -0.4 is 0 Å². The second kappa shape index (κ2) is 10.7. The molecule has 0 aliphatic heterocycles. The highest BCUT2D eigenvalue weighted by Crippen LogP contribution is 2.47. The molecule has 0 saturated heterocycles. The van der Waals surface area contributed by atoms with Gasteiger partial charge in [-0.2, -0.15) is 11.8 Å². The number of thioether (sulfide) groups is 1. The van der Waals surface area contributed by atoms with Crippen LogP contribution in [0.2, 0.25) is 0 Å². The van der Waals surface area contributed by atoms with Gasteiger partial charge in [-0.15, -0.1) is 0 Å². The van der Waals surface area contributed by atoms with Gasteiger partial charge >= 0.3 is 0 Å². The Labute approximate surface area is 185 Å². The lowest BCUT2D eigenvalue weighted by molar-refractivity contribution is -0.128. The molecule has 0 bridgehead atoms. The summed E-state index contributed by atoms with van der Waals surface area (Å²) in [6.07, 6.45) is 8.42. The van der Waals surface area contributed by atoms with E-state index in [9.17, 15) is 15.0 Å². The van der Waals surface area contributed by atoms with Crippen LogP contribution in [0.4, 0.5) is 0 Å². The van der Waals surface area contributed by atoms with Gasteiger partial charge in [0.15, 0.2) is 0 Å². The average molecular weight is 430 g/mol. The van der Waals surface area contributed by atoms with Crippen LogP contribution in [-0.4, -0.2) is 58.8 Å². The van der Waals surface area contributed by atoms with Gasteiger partial charge in [0.05, 0.1) is 12.2 Å². The fourth-order valence-electron chi connectivity index (χ4n) is 4.70. The fourth-order valence-corrected chi connectivity index (χ4v) is 5.64. The van der Waals surface area contributed by atoms with E-state index in [4.69, 9.17) is 0 Å². The minimum atomic E-state index is -0.531. The molecule has 1 fully saturated rings. The monoisotopic (exact) mass is 429 g/mol. The molecule has 1 saturated carbocycles. The molecule has 2 aliphatic rings. The second-order valence-electron chi connectivity index (χ2n) is 8.97. The highest BCUT2D eigenvalue weighted by Gasteiger charge is 2.43. The number of aliphatic hydroxyl groups excluding tert-OH is 2. The molecule has 0 aromatic heterocycles. The molecule has 4 nitrogen and oxygen atoms in total. The molecule has 2 aliphatic carbocycles. The molecule has 0 unspecified atom stereocenters. The van der Waals surface area contributed by atoms with Crippen LogP contribution in [0.1, 0.15) is 30.4 Å². The Morgan fingerprint density at radius 3 is 2.90 bits per heavy atom. The van der Waals surface area contributed by atoms with E-state index in [0.717, 1.165) is 29.9 Å². The van der Waals surface area contributed by atoms with Crippen molar-refractivity contribution in [3.63, 3.8) is 0 Å². The first-order chi connectivity index (χ1) is 14.3. The summed E-state index contributed by atoms with van der Waals surface area (Å²) in [5.74, 6) is 2.97. The van der Waals surface area contributed by atoms with Gasteiger partial charge in [0.2, 0.25) is 5.91 Å². The lowest BCUT2D eigenvalue weighted by atomic mass is 9.89. The molecule has 0 heterocycles. The third-order valence-corrected chi connectivity index (χ3v) is 7.35. The summed E-state index contributed by atoms with van der Waals surface area (Å²) in [4.78, 5) is 13.3. The largest absolute Gasteiger partial charge is 0.392 e. The first kappa shape index (κ1) is 23.1. The number of carbonyl (C=O) groups excluding carboxylic acids is 1. The number of amides is 1. The number of benzene rings is 1. The van der Waals surface area contributed by atoms with E-state index in [2.05, 4.69) is 31.2 Å². The highest BCUT2D eigenvalue weighted by molar-refractivity contribution is 7.99. The van der Waals surface area contributed by atoms with Crippen molar-refractivity contribution >= 4 is 17.7 Å². The Balaban J connectivity index is 1.47. The third kappa shape index (κ3) is 6.22. The third-order valence-electron chi connectivity index (χ3n) is 6.28. The van der Waals surface area contributed by atoms with Gasteiger partial charge in [0.25, 0.3) is 0 Å². The van der Waals surface area contributed by atoms with Crippen LogP contribution in [0.5, 0.6) is 0 Å². The number of nitrogens with zero attached hydrogens (tertiary/aromatic N) is 1. The van der Waals surface area contributed by atoms with Crippen LogP contribution >= 0.6 is 11.8 Å². The summed E-state index contributed by atoms with van der Waals surface area (Å²) in [5.41, 5.74) is 3.77. The minimum absolute atomic E-state index is 0.108. The number of aliphatic hydroxyl groups is 2. The van der Waals surface area contributed by atoms with Gasteiger partial charge < -0.3 is 15.1 Å². The van der Waals surface area contributed by atoms with E-state index >= 15 is 0 Å². The highest BCUT2D eigenvalue weighted by atomic mass is 32.2. The number of rotatable bonds is 9. The normalized spacial score (nSPS) is 26.6. The van der Waals surface area contributed by atoms with Crippen molar-refractivity contribution in [2.75, 3.05) is 25.6 Å². The lowest BCUT2D eigenvalue weighted by Gasteiger charge is -2.19. The molecule has 1 aromatic rings. The maximum atomic E-state index is 11.7. The second-order valence-corrected chi connectivity index (χ2v) is 10.1. The Kier molecular flexibility index (Phi) is 8.20. The van der Waals surface area contributed by atoms with Gasteiger partial charge in [0.1, 0.15) is 0 Å². The minimum Gasteiger partial charge on any atom is -0.392 e. The Bertz CT molecular complexity index is 788. The Morgan fingerprint density at radius 2 is 2.17 bits per heavy atom. The molecule has 1 amide bonds. The van der Waals surface area contributed by atoms with E-state index in [1.807, 2.05) is 30.0 Å². The summed E-state index contributed by atoms with van der Waals surface area (Å²) < 4.78 is 0. The van der Waals surface area contributed by atoms with Crippen LogP contribution in [-0.2, 0) is 11.2 Å². The average Bonchev–Trinajstić information content (AvgIpc) is 3.19. The van der Waals surface area contributed by atoms with Gasteiger partial charge in [-0.25, -0.2) is 0 Å².